The molecular formula is C11H20N2O. The second-order valence-electron chi connectivity index (χ2n) is 4.78. The summed E-state index contributed by atoms with van der Waals surface area (Å²) in [6, 6.07) is 0.988. The molecule has 14 heavy (non-hydrogen) atoms. The topological polar surface area (TPSA) is 32.3 Å². The first-order valence-electron chi connectivity index (χ1n) is 5.73. The zero-order chi connectivity index (χ0) is 10.1. The van der Waals surface area contributed by atoms with E-state index in [0.29, 0.717) is 18.0 Å². The highest BCUT2D eigenvalue weighted by molar-refractivity contribution is 5.79. The van der Waals surface area contributed by atoms with Crippen LogP contribution in [0.4, 0.5) is 0 Å². The minimum Gasteiger partial charge on any atom is -0.335 e. The molecule has 2 bridgehead atoms. The molecule has 0 aliphatic carbocycles. The van der Waals surface area contributed by atoms with Crippen molar-refractivity contribution in [1.82, 2.24) is 10.2 Å². The Morgan fingerprint density at radius 3 is 2.71 bits per heavy atom. The van der Waals surface area contributed by atoms with Crippen LogP contribution < -0.4 is 5.32 Å². The van der Waals surface area contributed by atoms with E-state index in [-0.39, 0.29) is 5.92 Å². The Hall–Kier alpha value is -0.570. The molecule has 2 rings (SSSR count). The molecule has 3 heteroatoms. The summed E-state index contributed by atoms with van der Waals surface area (Å²) in [5.74, 6) is 0.498. The third-order valence-electron chi connectivity index (χ3n) is 3.40. The van der Waals surface area contributed by atoms with Crippen molar-refractivity contribution in [3.63, 3.8) is 0 Å². The van der Waals surface area contributed by atoms with E-state index in [1.807, 2.05) is 13.8 Å². The monoisotopic (exact) mass is 196 g/mol. The highest BCUT2D eigenvalue weighted by atomic mass is 16.2. The van der Waals surface area contributed by atoms with Gasteiger partial charge in [0.15, 0.2) is 0 Å². The molecule has 3 nitrogen and oxygen atoms in total. The SMILES string of the molecule is CC(C)C(=O)N1C2CCNCC1CC2. The zero-order valence-electron chi connectivity index (χ0n) is 9.12. The predicted molar refractivity (Wildman–Crippen MR) is 56.0 cm³/mol. The van der Waals surface area contributed by atoms with Crippen LogP contribution in [0.3, 0.4) is 0 Å². The molecule has 0 aromatic carbocycles. The van der Waals surface area contributed by atoms with Gasteiger partial charge < -0.3 is 10.2 Å². The number of fused-ring (bicyclic) bond motifs is 2. The van der Waals surface area contributed by atoms with Crippen LogP contribution in [-0.4, -0.2) is 36.0 Å². The van der Waals surface area contributed by atoms with Gasteiger partial charge in [-0.05, 0) is 25.8 Å². The molecule has 80 valence electrons. The number of carbonyl (C=O) groups excluding carboxylic acids is 1. The molecule has 1 amide bonds. The van der Waals surface area contributed by atoms with Crippen molar-refractivity contribution in [2.45, 2.75) is 45.2 Å². The highest BCUT2D eigenvalue weighted by Crippen LogP contribution is 2.29. The van der Waals surface area contributed by atoms with Gasteiger partial charge in [0.05, 0.1) is 0 Å². The Morgan fingerprint density at radius 1 is 1.29 bits per heavy atom. The van der Waals surface area contributed by atoms with Crippen LogP contribution in [-0.2, 0) is 4.79 Å². The second-order valence-corrected chi connectivity index (χ2v) is 4.78. The zero-order valence-corrected chi connectivity index (χ0v) is 9.12. The lowest BCUT2D eigenvalue weighted by atomic mass is 10.1. The van der Waals surface area contributed by atoms with Crippen molar-refractivity contribution in [3.8, 4) is 0 Å². The van der Waals surface area contributed by atoms with Crippen molar-refractivity contribution < 1.29 is 4.79 Å². The first-order chi connectivity index (χ1) is 6.70. The maximum atomic E-state index is 12.0. The van der Waals surface area contributed by atoms with E-state index in [2.05, 4.69) is 10.2 Å². The number of hydrogen-bond acceptors (Lipinski definition) is 2. The van der Waals surface area contributed by atoms with Crippen molar-refractivity contribution in [2.24, 2.45) is 5.92 Å². The van der Waals surface area contributed by atoms with Gasteiger partial charge in [0, 0.05) is 24.5 Å². The molecule has 2 aliphatic heterocycles. The summed E-state index contributed by atoms with van der Waals surface area (Å²) in [5.41, 5.74) is 0. The van der Waals surface area contributed by atoms with Gasteiger partial charge in [0.25, 0.3) is 0 Å². The van der Waals surface area contributed by atoms with Gasteiger partial charge in [-0.15, -0.1) is 0 Å². The van der Waals surface area contributed by atoms with Crippen LogP contribution in [0.2, 0.25) is 0 Å². The fourth-order valence-corrected chi connectivity index (χ4v) is 2.64. The van der Waals surface area contributed by atoms with E-state index in [4.69, 9.17) is 0 Å². The Labute approximate surface area is 85.8 Å². The van der Waals surface area contributed by atoms with Crippen molar-refractivity contribution in [1.29, 1.82) is 0 Å². The lowest BCUT2D eigenvalue weighted by molar-refractivity contribution is -0.137. The second kappa shape index (κ2) is 3.89. The van der Waals surface area contributed by atoms with E-state index in [0.717, 1.165) is 19.5 Å². The summed E-state index contributed by atoms with van der Waals surface area (Å²) in [5, 5.41) is 3.41. The summed E-state index contributed by atoms with van der Waals surface area (Å²) >= 11 is 0. The van der Waals surface area contributed by atoms with Gasteiger partial charge in [-0.1, -0.05) is 13.8 Å². The molecule has 2 saturated heterocycles. The largest absolute Gasteiger partial charge is 0.335 e. The van der Waals surface area contributed by atoms with Crippen molar-refractivity contribution in [3.05, 3.63) is 0 Å². The molecule has 0 spiro atoms. The minimum atomic E-state index is 0.149. The fraction of sp³-hybridized carbons (Fsp3) is 0.909. The standard InChI is InChI=1S/C11H20N2O/c1-8(2)11(14)13-9-3-4-10(13)7-12-6-5-9/h8-10,12H,3-7H2,1-2H3. The van der Waals surface area contributed by atoms with Crippen molar-refractivity contribution in [2.75, 3.05) is 13.1 Å². The third-order valence-corrected chi connectivity index (χ3v) is 3.40. The first-order valence-corrected chi connectivity index (χ1v) is 5.73. The van der Waals surface area contributed by atoms with Crippen LogP contribution >= 0.6 is 0 Å². The fourth-order valence-electron chi connectivity index (χ4n) is 2.64. The summed E-state index contributed by atoms with van der Waals surface area (Å²) in [4.78, 5) is 14.2. The van der Waals surface area contributed by atoms with Crippen LogP contribution in [0.25, 0.3) is 0 Å². The molecule has 2 unspecified atom stereocenters. The highest BCUT2D eigenvalue weighted by Gasteiger charge is 2.38. The first kappa shape index (κ1) is 9.97. The normalized spacial score (nSPS) is 32.1. The quantitative estimate of drug-likeness (QED) is 0.678. The average molecular weight is 196 g/mol. The maximum Gasteiger partial charge on any atom is 0.225 e. The summed E-state index contributed by atoms with van der Waals surface area (Å²) in [7, 11) is 0. The molecule has 1 N–H and O–H groups in total. The van der Waals surface area contributed by atoms with Gasteiger partial charge in [-0.25, -0.2) is 0 Å². The minimum absolute atomic E-state index is 0.149. The van der Waals surface area contributed by atoms with Crippen LogP contribution in [0.1, 0.15) is 33.1 Å². The van der Waals surface area contributed by atoms with E-state index in [9.17, 15) is 4.79 Å². The molecule has 2 atom stereocenters. The summed E-state index contributed by atoms with van der Waals surface area (Å²) in [6.45, 7) is 6.07. The van der Waals surface area contributed by atoms with Gasteiger partial charge in [0.1, 0.15) is 0 Å². The Morgan fingerprint density at radius 2 is 2.00 bits per heavy atom. The molecule has 2 aliphatic rings. The molecule has 0 saturated carbocycles. The Balaban J connectivity index is 2.12. The number of rotatable bonds is 1. The molecule has 2 fully saturated rings. The van der Waals surface area contributed by atoms with Gasteiger partial charge >= 0.3 is 0 Å². The van der Waals surface area contributed by atoms with Crippen LogP contribution in [0, 0.1) is 5.92 Å². The lowest BCUT2D eigenvalue weighted by Crippen LogP contribution is -2.44. The number of carbonyl (C=O) groups is 1. The molecule has 0 radical (unpaired) electrons. The van der Waals surface area contributed by atoms with E-state index < -0.39 is 0 Å². The van der Waals surface area contributed by atoms with Gasteiger partial charge in [0.2, 0.25) is 5.91 Å². The average Bonchev–Trinajstić information content (AvgIpc) is 2.38. The molecule has 0 aromatic rings. The maximum absolute atomic E-state index is 12.0. The van der Waals surface area contributed by atoms with Crippen LogP contribution in [0.5, 0.6) is 0 Å². The number of nitrogens with one attached hydrogen (secondary N) is 1. The predicted octanol–water partition coefficient (Wildman–Crippen LogP) is 0.995. The molecule has 2 heterocycles. The molecule has 0 aromatic heterocycles. The Bertz CT molecular complexity index is 213. The number of hydrogen-bond donors (Lipinski definition) is 1. The van der Waals surface area contributed by atoms with E-state index in [1.165, 1.54) is 12.8 Å². The lowest BCUT2D eigenvalue weighted by Gasteiger charge is -2.29. The summed E-state index contributed by atoms with van der Waals surface area (Å²) in [6.07, 6.45) is 3.54. The van der Waals surface area contributed by atoms with Gasteiger partial charge in [-0.2, -0.15) is 0 Å². The third kappa shape index (κ3) is 1.65. The summed E-state index contributed by atoms with van der Waals surface area (Å²) < 4.78 is 0. The van der Waals surface area contributed by atoms with E-state index in [1.54, 1.807) is 0 Å². The van der Waals surface area contributed by atoms with Gasteiger partial charge in [-0.3, -0.25) is 4.79 Å². The van der Waals surface area contributed by atoms with Crippen LogP contribution in [0.15, 0.2) is 0 Å². The van der Waals surface area contributed by atoms with Crippen molar-refractivity contribution >= 4 is 5.91 Å². The molecular weight excluding hydrogens is 176 g/mol. The van der Waals surface area contributed by atoms with E-state index >= 15 is 0 Å². The number of nitrogens with zero attached hydrogens (tertiary/aromatic N) is 1. The number of amides is 1. The smallest absolute Gasteiger partial charge is 0.225 e. The Kier molecular flexibility index (Phi) is 2.77.